The van der Waals surface area contributed by atoms with E-state index in [1.54, 1.807) is 0 Å². The Labute approximate surface area is 331 Å². The molecule has 7 aromatic carbocycles. The fourth-order valence-electron chi connectivity index (χ4n) is 8.25. The molecule has 10 aromatic rings. The quantitative estimate of drug-likeness (QED) is 0.182. The Morgan fingerprint density at radius 2 is 1.30 bits per heavy atom. The van der Waals surface area contributed by atoms with Crippen molar-refractivity contribution in [3.8, 4) is 50.7 Å². The Morgan fingerprint density at radius 1 is 0.526 bits per heavy atom. The van der Waals surface area contributed by atoms with E-state index in [2.05, 4.69) is 151 Å². The van der Waals surface area contributed by atoms with E-state index in [1.807, 2.05) is 30.5 Å². The van der Waals surface area contributed by atoms with Gasteiger partial charge in [0.15, 0.2) is 5.58 Å². The van der Waals surface area contributed by atoms with Gasteiger partial charge in [0.2, 0.25) is 5.89 Å². The molecule has 0 amide bonds. The van der Waals surface area contributed by atoms with Gasteiger partial charge in [0.1, 0.15) is 22.4 Å². The first-order valence-corrected chi connectivity index (χ1v) is 19.5. The van der Waals surface area contributed by atoms with Crippen molar-refractivity contribution in [1.82, 2.24) is 9.97 Å². The average molecular weight is 743 g/mol. The number of hydrogen-bond acceptors (Lipinski definition) is 5. The molecule has 0 saturated heterocycles. The van der Waals surface area contributed by atoms with E-state index in [9.17, 15) is 5.11 Å². The summed E-state index contributed by atoms with van der Waals surface area (Å²) in [6.07, 6.45) is 1.88. The van der Waals surface area contributed by atoms with Crippen LogP contribution in [0.1, 0.15) is 52.7 Å². The molecule has 3 aromatic heterocycles. The molecule has 0 aliphatic carbocycles. The first kappa shape index (κ1) is 34.7. The Hall–Kier alpha value is -6.72. The second-order valence-corrected chi connectivity index (χ2v) is 17.2. The lowest BCUT2D eigenvalue weighted by Crippen LogP contribution is -2.17. The third-order valence-electron chi connectivity index (χ3n) is 11.3. The van der Waals surface area contributed by atoms with Gasteiger partial charge in [-0.2, -0.15) is 0 Å². The predicted octanol–water partition coefficient (Wildman–Crippen LogP) is 14.4. The molecule has 5 nitrogen and oxygen atoms in total. The molecule has 0 atom stereocenters. The van der Waals surface area contributed by atoms with Crippen molar-refractivity contribution in [3.05, 3.63) is 151 Å². The number of aromatic hydroxyl groups is 1. The van der Waals surface area contributed by atoms with Crippen LogP contribution in [0.2, 0.25) is 0 Å². The van der Waals surface area contributed by atoms with Gasteiger partial charge in [0, 0.05) is 44.6 Å². The Bertz CT molecular complexity index is 3210. The van der Waals surface area contributed by atoms with E-state index in [0.717, 1.165) is 88.1 Å². The number of oxazole rings is 1. The van der Waals surface area contributed by atoms with Gasteiger partial charge >= 0.3 is 0 Å². The predicted molar refractivity (Wildman–Crippen MR) is 235 cm³/mol. The highest BCUT2D eigenvalue weighted by molar-refractivity contribution is 6.24. The molecule has 0 bridgehead atoms. The average Bonchev–Trinajstić information content (AvgIpc) is 3.82. The minimum absolute atomic E-state index is 0.158. The molecule has 3 heterocycles. The highest BCUT2D eigenvalue weighted by Crippen LogP contribution is 2.46. The number of rotatable bonds is 4. The van der Waals surface area contributed by atoms with Gasteiger partial charge in [0.05, 0.1) is 11.3 Å². The van der Waals surface area contributed by atoms with E-state index in [1.165, 1.54) is 0 Å². The third kappa shape index (κ3) is 5.76. The summed E-state index contributed by atoms with van der Waals surface area (Å²) in [4.78, 5) is 10.1. The molecule has 57 heavy (non-hydrogen) atoms. The zero-order valence-electron chi connectivity index (χ0n) is 32.9. The van der Waals surface area contributed by atoms with E-state index < -0.39 is 0 Å². The number of para-hydroxylation sites is 1. The van der Waals surface area contributed by atoms with Crippen LogP contribution >= 0.6 is 0 Å². The molecule has 0 aliphatic rings. The molecule has 10 rings (SSSR count). The Balaban J connectivity index is 1.26. The number of phenols is 1. The lowest BCUT2D eigenvalue weighted by atomic mass is 9.79. The number of fused-ring (bicyclic) bond motifs is 8. The van der Waals surface area contributed by atoms with Gasteiger partial charge in [-0.25, -0.2) is 4.98 Å². The van der Waals surface area contributed by atoms with Crippen LogP contribution in [0.5, 0.6) is 5.75 Å². The summed E-state index contributed by atoms with van der Waals surface area (Å²) in [7, 11) is 0. The maximum absolute atomic E-state index is 11.8. The fourth-order valence-corrected chi connectivity index (χ4v) is 8.25. The van der Waals surface area contributed by atoms with Gasteiger partial charge in [0.25, 0.3) is 0 Å². The van der Waals surface area contributed by atoms with Crippen molar-refractivity contribution < 1.29 is 13.9 Å². The third-order valence-corrected chi connectivity index (χ3v) is 11.3. The van der Waals surface area contributed by atoms with E-state index in [-0.39, 0.29) is 16.6 Å². The van der Waals surface area contributed by atoms with Crippen LogP contribution < -0.4 is 0 Å². The number of phenolic OH excluding ortho intramolecular Hbond substituents is 1. The van der Waals surface area contributed by atoms with Crippen molar-refractivity contribution in [2.45, 2.75) is 52.4 Å². The zero-order valence-corrected chi connectivity index (χ0v) is 32.9. The smallest absolute Gasteiger partial charge is 0.231 e. The summed E-state index contributed by atoms with van der Waals surface area (Å²) in [5, 5.41) is 18.3. The minimum atomic E-state index is -0.300. The minimum Gasteiger partial charge on any atom is -0.507 e. The van der Waals surface area contributed by atoms with Crippen LogP contribution in [0.3, 0.4) is 0 Å². The molecule has 0 radical (unpaired) electrons. The van der Waals surface area contributed by atoms with Crippen molar-refractivity contribution in [2.24, 2.45) is 0 Å². The largest absolute Gasteiger partial charge is 0.507 e. The summed E-state index contributed by atoms with van der Waals surface area (Å²) in [6.45, 7) is 12.9. The van der Waals surface area contributed by atoms with Crippen molar-refractivity contribution >= 4 is 54.6 Å². The Kier molecular flexibility index (Phi) is 7.71. The standard InChI is InChI=1S/C52H42N2O3/c1-51(2,3)35-28-41(47(55)42(29-35)52(4,5)6)50-54-46-37(17-12-18-44(46)56-50)39-25-34(43-27-33(23-24-53-43)30-13-8-7-9-14-30)26-40-38-22-21-32-20-19-31-15-10-11-16-36(31)45(32)49(38)57-48(39)40/h7-29,55H,1-6H3. The lowest BCUT2D eigenvalue weighted by Gasteiger charge is -2.27. The molecule has 278 valence electrons. The van der Waals surface area contributed by atoms with Crippen LogP contribution in [0.15, 0.2) is 148 Å². The molecule has 0 aliphatic heterocycles. The molecular formula is C52H42N2O3. The monoisotopic (exact) mass is 742 g/mol. The van der Waals surface area contributed by atoms with Crippen molar-refractivity contribution in [1.29, 1.82) is 0 Å². The van der Waals surface area contributed by atoms with Crippen LogP contribution in [-0.4, -0.2) is 15.1 Å². The fraction of sp³-hybridized carbons (Fsp3) is 0.154. The lowest BCUT2D eigenvalue weighted by molar-refractivity contribution is 0.444. The highest BCUT2D eigenvalue weighted by atomic mass is 16.4. The second-order valence-electron chi connectivity index (χ2n) is 17.2. The molecular weight excluding hydrogens is 701 g/mol. The van der Waals surface area contributed by atoms with E-state index >= 15 is 0 Å². The topological polar surface area (TPSA) is 72.3 Å². The summed E-state index contributed by atoms with van der Waals surface area (Å²) in [5.41, 5.74) is 10.8. The zero-order chi connectivity index (χ0) is 39.2. The normalized spacial score (nSPS) is 12.5. The maximum Gasteiger partial charge on any atom is 0.231 e. The number of nitrogens with zero attached hydrogens (tertiary/aromatic N) is 2. The summed E-state index contributed by atoms with van der Waals surface area (Å²) < 4.78 is 13.7. The number of pyridine rings is 1. The molecule has 0 spiro atoms. The molecule has 0 saturated carbocycles. The summed E-state index contributed by atoms with van der Waals surface area (Å²) >= 11 is 0. The van der Waals surface area contributed by atoms with Gasteiger partial charge < -0.3 is 13.9 Å². The first-order chi connectivity index (χ1) is 27.4. The van der Waals surface area contributed by atoms with Gasteiger partial charge in [-0.1, -0.05) is 133 Å². The maximum atomic E-state index is 11.8. The molecule has 1 N–H and O–H groups in total. The highest BCUT2D eigenvalue weighted by Gasteiger charge is 2.28. The summed E-state index contributed by atoms with van der Waals surface area (Å²) in [6, 6.07) is 46.3. The van der Waals surface area contributed by atoms with Crippen LogP contribution in [0.4, 0.5) is 0 Å². The van der Waals surface area contributed by atoms with Crippen molar-refractivity contribution in [2.75, 3.05) is 0 Å². The SMILES string of the molecule is CC(C)(C)c1cc(-c2nc3c(-c4cc(-c5cc(-c6ccccc6)ccn5)cc5c4oc4c5ccc5ccc6ccccc6c54)cccc3o2)c(O)c(C(C)(C)C)c1. The van der Waals surface area contributed by atoms with E-state index in [0.29, 0.717) is 22.6 Å². The first-order valence-electron chi connectivity index (χ1n) is 19.5. The van der Waals surface area contributed by atoms with Crippen molar-refractivity contribution in [3.63, 3.8) is 0 Å². The van der Waals surface area contributed by atoms with Crippen LogP contribution in [-0.2, 0) is 10.8 Å². The number of hydrogen-bond donors (Lipinski definition) is 1. The van der Waals surface area contributed by atoms with Gasteiger partial charge in [-0.05, 0) is 86.1 Å². The van der Waals surface area contributed by atoms with Gasteiger partial charge in [-0.15, -0.1) is 0 Å². The van der Waals surface area contributed by atoms with Crippen LogP contribution in [0, 0.1) is 0 Å². The number of furan rings is 1. The number of aromatic nitrogens is 2. The molecule has 0 fully saturated rings. The second kappa shape index (κ2) is 12.7. The van der Waals surface area contributed by atoms with Crippen LogP contribution in [0.25, 0.3) is 99.5 Å². The molecule has 5 heteroatoms. The number of benzene rings is 7. The summed E-state index contributed by atoms with van der Waals surface area (Å²) in [5.74, 6) is 0.562. The van der Waals surface area contributed by atoms with Gasteiger partial charge in [-0.3, -0.25) is 4.98 Å². The Morgan fingerprint density at radius 3 is 2.11 bits per heavy atom. The van der Waals surface area contributed by atoms with E-state index in [4.69, 9.17) is 18.8 Å². The molecule has 0 unspecified atom stereocenters.